The number of aromatic nitrogens is 2. The summed E-state index contributed by atoms with van der Waals surface area (Å²) in [5.41, 5.74) is 3.83. The molecule has 4 nitrogen and oxygen atoms in total. The summed E-state index contributed by atoms with van der Waals surface area (Å²) in [7, 11) is 0. The van der Waals surface area contributed by atoms with E-state index in [1.54, 1.807) is 47.6 Å². The van der Waals surface area contributed by atoms with Crippen molar-refractivity contribution in [1.82, 2.24) is 14.9 Å². The van der Waals surface area contributed by atoms with Gasteiger partial charge in [0.15, 0.2) is 0 Å². The van der Waals surface area contributed by atoms with Gasteiger partial charge in [0.05, 0.1) is 12.0 Å². The summed E-state index contributed by atoms with van der Waals surface area (Å²) in [6.45, 7) is 0.250. The summed E-state index contributed by atoms with van der Waals surface area (Å²) >= 11 is 0. The van der Waals surface area contributed by atoms with Crippen LogP contribution in [0.15, 0.2) is 91.5 Å². The maximum Gasteiger partial charge on any atom is 0.251 e. The monoisotopic (exact) mass is 371 g/mol. The van der Waals surface area contributed by atoms with E-state index in [0.717, 1.165) is 11.1 Å². The number of carbonyl (C=O) groups excluding carboxylic acids is 1. The Bertz CT molecular complexity index is 1070. The van der Waals surface area contributed by atoms with E-state index in [0.29, 0.717) is 16.8 Å². The van der Waals surface area contributed by atoms with Crippen LogP contribution in [0.2, 0.25) is 0 Å². The van der Waals surface area contributed by atoms with E-state index >= 15 is 0 Å². The second-order valence-electron chi connectivity index (χ2n) is 6.38. The van der Waals surface area contributed by atoms with Gasteiger partial charge in [0.2, 0.25) is 0 Å². The minimum absolute atomic E-state index is 0.196. The third-order valence-corrected chi connectivity index (χ3v) is 4.50. The number of rotatable bonds is 5. The molecule has 0 radical (unpaired) electrons. The Labute approximate surface area is 162 Å². The molecule has 0 saturated carbocycles. The van der Waals surface area contributed by atoms with Crippen molar-refractivity contribution in [3.8, 4) is 16.8 Å². The molecule has 0 atom stereocenters. The van der Waals surface area contributed by atoms with Crippen LogP contribution in [0.1, 0.15) is 15.9 Å². The average molecular weight is 371 g/mol. The molecule has 1 amide bonds. The molecule has 5 heteroatoms. The van der Waals surface area contributed by atoms with Crippen molar-refractivity contribution in [2.45, 2.75) is 6.54 Å². The molecule has 0 unspecified atom stereocenters. The van der Waals surface area contributed by atoms with E-state index < -0.39 is 0 Å². The highest BCUT2D eigenvalue weighted by molar-refractivity contribution is 5.94. The topological polar surface area (TPSA) is 46.9 Å². The van der Waals surface area contributed by atoms with Crippen molar-refractivity contribution >= 4 is 5.91 Å². The molecule has 1 heterocycles. The van der Waals surface area contributed by atoms with Crippen LogP contribution in [-0.4, -0.2) is 15.5 Å². The highest BCUT2D eigenvalue weighted by Gasteiger charge is 2.08. The molecule has 1 aromatic heterocycles. The largest absolute Gasteiger partial charge is 0.348 e. The Kier molecular flexibility index (Phi) is 4.97. The van der Waals surface area contributed by atoms with Gasteiger partial charge in [0, 0.05) is 24.5 Å². The second kappa shape index (κ2) is 7.88. The lowest BCUT2D eigenvalue weighted by Crippen LogP contribution is -2.22. The van der Waals surface area contributed by atoms with Crippen LogP contribution < -0.4 is 5.32 Å². The normalized spacial score (nSPS) is 10.6. The van der Waals surface area contributed by atoms with Crippen molar-refractivity contribution in [2.75, 3.05) is 0 Å². The summed E-state index contributed by atoms with van der Waals surface area (Å²) in [6, 6.07) is 22.3. The van der Waals surface area contributed by atoms with Crippen molar-refractivity contribution in [1.29, 1.82) is 0 Å². The SMILES string of the molecule is O=C(NCc1ccc(-n2ccnc2)c(F)c1)c1ccc(-c2ccccc2)cc1. The van der Waals surface area contributed by atoms with Crippen LogP contribution in [0.25, 0.3) is 16.8 Å². The number of benzene rings is 3. The Balaban J connectivity index is 1.41. The van der Waals surface area contributed by atoms with Crippen LogP contribution in [0, 0.1) is 5.82 Å². The van der Waals surface area contributed by atoms with Gasteiger partial charge in [-0.1, -0.05) is 48.5 Å². The van der Waals surface area contributed by atoms with Gasteiger partial charge in [0.25, 0.3) is 5.91 Å². The number of carbonyl (C=O) groups is 1. The zero-order valence-corrected chi connectivity index (χ0v) is 15.0. The van der Waals surface area contributed by atoms with Gasteiger partial charge in [-0.15, -0.1) is 0 Å². The fourth-order valence-electron chi connectivity index (χ4n) is 3.00. The Morgan fingerprint density at radius 1 is 0.964 bits per heavy atom. The molecular weight excluding hydrogens is 353 g/mol. The molecule has 0 fully saturated rings. The summed E-state index contributed by atoms with van der Waals surface area (Å²) in [5.74, 6) is -0.560. The van der Waals surface area contributed by atoms with Crippen LogP contribution in [-0.2, 0) is 6.54 Å². The average Bonchev–Trinajstić information content (AvgIpc) is 3.27. The summed E-state index contributed by atoms with van der Waals surface area (Å²) < 4.78 is 15.9. The van der Waals surface area contributed by atoms with Crippen LogP contribution in [0.4, 0.5) is 4.39 Å². The predicted molar refractivity (Wildman–Crippen MR) is 107 cm³/mol. The lowest BCUT2D eigenvalue weighted by molar-refractivity contribution is 0.0951. The number of nitrogens with one attached hydrogen (secondary N) is 1. The molecule has 3 aromatic carbocycles. The lowest BCUT2D eigenvalue weighted by Gasteiger charge is -2.09. The zero-order chi connectivity index (χ0) is 19.3. The van der Waals surface area contributed by atoms with Gasteiger partial charge in [-0.3, -0.25) is 4.79 Å². The maximum atomic E-state index is 14.3. The van der Waals surface area contributed by atoms with Crippen LogP contribution in [0.3, 0.4) is 0 Å². The molecule has 0 saturated heterocycles. The number of nitrogens with zero attached hydrogens (tertiary/aromatic N) is 2. The molecule has 138 valence electrons. The minimum atomic E-state index is -0.364. The molecular formula is C23H18FN3O. The van der Waals surface area contributed by atoms with E-state index in [1.165, 1.54) is 6.07 Å². The summed E-state index contributed by atoms with van der Waals surface area (Å²) in [4.78, 5) is 16.3. The van der Waals surface area contributed by atoms with Crippen molar-refractivity contribution < 1.29 is 9.18 Å². The van der Waals surface area contributed by atoms with Gasteiger partial charge in [0.1, 0.15) is 5.82 Å². The van der Waals surface area contributed by atoms with Crippen LogP contribution >= 0.6 is 0 Å². The first-order valence-corrected chi connectivity index (χ1v) is 8.91. The number of hydrogen-bond acceptors (Lipinski definition) is 2. The van der Waals surface area contributed by atoms with Crippen LogP contribution in [0.5, 0.6) is 0 Å². The van der Waals surface area contributed by atoms with E-state index in [-0.39, 0.29) is 18.3 Å². The van der Waals surface area contributed by atoms with E-state index in [1.807, 2.05) is 42.5 Å². The van der Waals surface area contributed by atoms with Gasteiger partial charge < -0.3 is 9.88 Å². The summed E-state index contributed by atoms with van der Waals surface area (Å²) in [6.07, 6.45) is 4.81. The van der Waals surface area contributed by atoms with Crippen molar-refractivity contribution in [3.63, 3.8) is 0 Å². The van der Waals surface area contributed by atoms with Gasteiger partial charge in [-0.2, -0.15) is 0 Å². The van der Waals surface area contributed by atoms with Gasteiger partial charge in [-0.05, 0) is 41.0 Å². The molecule has 4 rings (SSSR count). The standard InChI is InChI=1S/C23H18FN3O/c24-21-14-17(6-11-22(21)27-13-12-25-16-27)15-26-23(28)20-9-7-19(8-10-20)18-4-2-1-3-5-18/h1-14,16H,15H2,(H,26,28). The first kappa shape index (κ1) is 17.7. The smallest absolute Gasteiger partial charge is 0.251 e. The van der Waals surface area contributed by atoms with Gasteiger partial charge >= 0.3 is 0 Å². The number of amides is 1. The Hall–Kier alpha value is -3.73. The third kappa shape index (κ3) is 3.83. The number of hydrogen-bond donors (Lipinski definition) is 1. The highest BCUT2D eigenvalue weighted by Crippen LogP contribution is 2.19. The Morgan fingerprint density at radius 3 is 2.39 bits per heavy atom. The first-order valence-electron chi connectivity index (χ1n) is 8.91. The highest BCUT2D eigenvalue weighted by atomic mass is 19.1. The van der Waals surface area contributed by atoms with E-state index in [9.17, 15) is 9.18 Å². The number of halogens is 1. The van der Waals surface area contributed by atoms with Crippen molar-refractivity contribution in [3.05, 3.63) is 108 Å². The molecule has 0 spiro atoms. The molecule has 0 aliphatic heterocycles. The minimum Gasteiger partial charge on any atom is -0.348 e. The predicted octanol–water partition coefficient (Wildman–Crippen LogP) is 4.61. The molecule has 0 aliphatic carbocycles. The zero-order valence-electron chi connectivity index (χ0n) is 15.0. The quantitative estimate of drug-likeness (QED) is 0.557. The van der Waals surface area contributed by atoms with E-state index in [4.69, 9.17) is 0 Å². The molecule has 28 heavy (non-hydrogen) atoms. The molecule has 1 N–H and O–H groups in total. The third-order valence-electron chi connectivity index (χ3n) is 4.50. The Morgan fingerprint density at radius 2 is 1.71 bits per heavy atom. The fourth-order valence-corrected chi connectivity index (χ4v) is 3.00. The number of imidazole rings is 1. The molecule has 0 bridgehead atoms. The maximum absolute atomic E-state index is 14.3. The molecule has 4 aromatic rings. The lowest BCUT2D eigenvalue weighted by atomic mass is 10.0. The van der Waals surface area contributed by atoms with Gasteiger partial charge in [-0.25, -0.2) is 9.37 Å². The fraction of sp³-hybridized carbons (Fsp3) is 0.0435. The summed E-state index contributed by atoms with van der Waals surface area (Å²) in [5, 5.41) is 2.83. The first-order chi connectivity index (χ1) is 13.7. The molecule has 0 aliphatic rings. The second-order valence-corrected chi connectivity index (χ2v) is 6.38. The van der Waals surface area contributed by atoms with E-state index in [2.05, 4.69) is 10.3 Å². The van der Waals surface area contributed by atoms with Crippen molar-refractivity contribution in [2.24, 2.45) is 0 Å².